The average Bonchev–Trinajstić information content (AvgIpc) is 2.66. The van der Waals surface area contributed by atoms with Gasteiger partial charge in [0.25, 0.3) is 0 Å². The Hall–Kier alpha value is -0.350. The number of nitrogens with one attached hydrogen (secondary N) is 1. The topological polar surface area (TPSA) is 29.9 Å². The van der Waals surface area contributed by atoms with Crippen LogP contribution in [0.3, 0.4) is 0 Å². The maximum atomic E-state index is 4.55. The van der Waals surface area contributed by atoms with Crippen molar-refractivity contribution in [3.63, 3.8) is 0 Å². The summed E-state index contributed by atoms with van der Waals surface area (Å²) in [5.41, 5.74) is 2.42. The normalized spacial score (nSPS) is 27.7. The fraction of sp³-hybridized carbons (Fsp3) is 0.800. The molecule has 4 heteroatoms. The standard InChI is InChI=1S/C15H26BrN3/c1-5-13-15(16)14(19(4)18-13)9-17-12-7-6-10(2)11(3)8-12/h10-12,17H,5-9H2,1-4H3. The van der Waals surface area contributed by atoms with Gasteiger partial charge in [0.15, 0.2) is 0 Å². The van der Waals surface area contributed by atoms with Gasteiger partial charge in [0.1, 0.15) is 0 Å². The first-order valence-electron chi connectivity index (χ1n) is 7.46. The highest BCUT2D eigenvalue weighted by Crippen LogP contribution is 2.30. The number of hydrogen-bond acceptors (Lipinski definition) is 2. The molecule has 3 atom stereocenters. The lowest BCUT2D eigenvalue weighted by Crippen LogP contribution is -2.36. The smallest absolute Gasteiger partial charge is 0.0767 e. The summed E-state index contributed by atoms with van der Waals surface area (Å²) in [5.74, 6) is 1.72. The number of nitrogens with zero attached hydrogens (tertiary/aromatic N) is 2. The summed E-state index contributed by atoms with van der Waals surface area (Å²) < 4.78 is 3.19. The van der Waals surface area contributed by atoms with Crippen molar-refractivity contribution in [3.8, 4) is 0 Å². The van der Waals surface area contributed by atoms with Crippen LogP contribution in [0.15, 0.2) is 4.47 Å². The first kappa shape index (κ1) is 15.0. The molecule has 3 unspecified atom stereocenters. The highest BCUT2D eigenvalue weighted by molar-refractivity contribution is 9.10. The van der Waals surface area contributed by atoms with Crippen LogP contribution in [0.5, 0.6) is 0 Å². The summed E-state index contributed by atoms with van der Waals surface area (Å²) in [6.07, 6.45) is 4.94. The number of halogens is 1. The zero-order valence-electron chi connectivity index (χ0n) is 12.5. The van der Waals surface area contributed by atoms with Crippen molar-refractivity contribution in [1.82, 2.24) is 15.1 Å². The van der Waals surface area contributed by atoms with Gasteiger partial charge in [-0.3, -0.25) is 4.68 Å². The Morgan fingerprint density at radius 2 is 2.05 bits per heavy atom. The van der Waals surface area contributed by atoms with Gasteiger partial charge < -0.3 is 5.32 Å². The molecule has 1 aliphatic carbocycles. The fourth-order valence-electron chi connectivity index (χ4n) is 2.99. The quantitative estimate of drug-likeness (QED) is 0.914. The summed E-state index contributed by atoms with van der Waals surface area (Å²) >= 11 is 3.69. The Kier molecular flexibility index (Phi) is 5.07. The third kappa shape index (κ3) is 3.40. The highest BCUT2D eigenvalue weighted by Gasteiger charge is 2.24. The predicted octanol–water partition coefficient (Wildman–Crippen LogP) is 3.66. The van der Waals surface area contributed by atoms with E-state index in [1.807, 2.05) is 11.7 Å². The van der Waals surface area contributed by atoms with E-state index in [2.05, 4.69) is 47.1 Å². The molecule has 2 rings (SSSR count). The Balaban J connectivity index is 1.94. The van der Waals surface area contributed by atoms with Gasteiger partial charge in [0, 0.05) is 19.6 Å². The zero-order valence-corrected chi connectivity index (χ0v) is 14.1. The SMILES string of the molecule is CCc1nn(C)c(CNC2CCC(C)C(C)C2)c1Br. The number of aromatic nitrogens is 2. The summed E-state index contributed by atoms with van der Waals surface area (Å²) in [7, 11) is 2.03. The number of hydrogen-bond donors (Lipinski definition) is 1. The van der Waals surface area contributed by atoms with Gasteiger partial charge in [-0.25, -0.2) is 0 Å². The van der Waals surface area contributed by atoms with Crippen LogP contribution in [0.1, 0.15) is 51.4 Å². The Morgan fingerprint density at radius 3 is 2.63 bits per heavy atom. The van der Waals surface area contributed by atoms with Crippen molar-refractivity contribution in [2.45, 2.75) is 59.0 Å². The largest absolute Gasteiger partial charge is 0.308 e. The van der Waals surface area contributed by atoms with Crippen molar-refractivity contribution in [1.29, 1.82) is 0 Å². The van der Waals surface area contributed by atoms with E-state index in [1.165, 1.54) is 29.4 Å². The van der Waals surface area contributed by atoms with E-state index in [9.17, 15) is 0 Å². The van der Waals surface area contributed by atoms with E-state index in [4.69, 9.17) is 0 Å². The second-order valence-corrected chi connectivity index (χ2v) is 6.82. The summed E-state index contributed by atoms with van der Waals surface area (Å²) in [6, 6.07) is 0.665. The molecular formula is C15H26BrN3. The molecule has 108 valence electrons. The molecule has 0 saturated heterocycles. The van der Waals surface area contributed by atoms with E-state index >= 15 is 0 Å². The molecule has 3 nitrogen and oxygen atoms in total. The van der Waals surface area contributed by atoms with Crippen LogP contribution < -0.4 is 5.32 Å². The minimum atomic E-state index is 0.665. The van der Waals surface area contributed by atoms with Crippen LogP contribution in [-0.2, 0) is 20.0 Å². The second-order valence-electron chi connectivity index (χ2n) is 6.03. The molecule has 19 heavy (non-hydrogen) atoms. The molecule has 0 amide bonds. The first-order chi connectivity index (χ1) is 9.02. The summed E-state index contributed by atoms with van der Waals surface area (Å²) in [4.78, 5) is 0. The van der Waals surface area contributed by atoms with Gasteiger partial charge in [0.2, 0.25) is 0 Å². The van der Waals surface area contributed by atoms with Gasteiger partial charge in [-0.05, 0) is 53.4 Å². The molecule has 1 saturated carbocycles. The van der Waals surface area contributed by atoms with Crippen LogP contribution in [0.2, 0.25) is 0 Å². The minimum absolute atomic E-state index is 0.665. The van der Waals surface area contributed by atoms with Crippen LogP contribution in [0, 0.1) is 11.8 Å². The van der Waals surface area contributed by atoms with Gasteiger partial charge >= 0.3 is 0 Å². The van der Waals surface area contributed by atoms with Crippen LogP contribution >= 0.6 is 15.9 Å². The van der Waals surface area contributed by atoms with Crippen molar-refractivity contribution in [2.24, 2.45) is 18.9 Å². The Labute approximate surface area is 125 Å². The maximum Gasteiger partial charge on any atom is 0.0767 e. The van der Waals surface area contributed by atoms with Gasteiger partial charge in [0.05, 0.1) is 15.9 Å². The van der Waals surface area contributed by atoms with Crippen LogP contribution in [0.4, 0.5) is 0 Å². The van der Waals surface area contributed by atoms with Crippen molar-refractivity contribution in [3.05, 3.63) is 15.9 Å². The molecule has 0 bridgehead atoms. The van der Waals surface area contributed by atoms with Gasteiger partial charge in [-0.1, -0.05) is 20.8 Å². The molecule has 1 aliphatic rings. The minimum Gasteiger partial charge on any atom is -0.308 e. The molecule has 0 radical (unpaired) electrons. The van der Waals surface area contributed by atoms with E-state index < -0.39 is 0 Å². The Bertz CT molecular complexity index is 427. The summed E-state index contributed by atoms with van der Waals surface area (Å²) in [6.45, 7) is 7.82. The third-order valence-electron chi connectivity index (χ3n) is 4.66. The van der Waals surface area contributed by atoms with Gasteiger partial charge in [-0.2, -0.15) is 5.10 Å². The zero-order chi connectivity index (χ0) is 14.0. The molecule has 1 heterocycles. The second kappa shape index (κ2) is 6.40. The summed E-state index contributed by atoms with van der Waals surface area (Å²) in [5, 5.41) is 8.27. The van der Waals surface area contributed by atoms with Crippen molar-refractivity contribution < 1.29 is 0 Å². The van der Waals surface area contributed by atoms with E-state index in [1.54, 1.807) is 0 Å². The fourth-order valence-corrected chi connectivity index (χ4v) is 3.74. The van der Waals surface area contributed by atoms with E-state index in [0.29, 0.717) is 6.04 Å². The van der Waals surface area contributed by atoms with Crippen LogP contribution in [-0.4, -0.2) is 15.8 Å². The molecule has 1 aromatic rings. The first-order valence-corrected chi connectivity index (χ1v) is 8.25. The molecule has 0 spiro atoms. The molecule has 1 aromatic heterocycles. The van der Waals surface area contributed by atoms with E-state index in [-0.39, 0.29) is 0 Å². The van der Waals surface area contributed by atoms with E-state index in [0.717, 1.165) is 30.5 Å². The van der Waals surface area contributed by atoms with Gasteiger partial charge in [-0.15, -0.1) is 0 Å². The number of rotatable bonds is 4. The van der Waals surface area contributed by atoms with Crippen LogP contribution in [0.25, 0.3) is 0 Å². The molecule has 1 N–H and O–H groups in total. The van der Waals surface area contributed by atoms with Crippen molar-refractivity contribution in [2.75, 3.05) is 0 Å². The number of aryl methyl sites for hydroxylation is 2. The third-order valence-corrected chi connectivity index (χ3v) is 5.57. The Morgan fingerprint density at radius 1 is 1.32 bits per heavy atom. The highest BCUT2D eigenvalue weighted by atomic mass is 79.9. The maximum absolute atomic E-state index is 4.55. The lowest BCUT2D eigenvalue weighted by atomic mass is 9.79. The predicted molar refractivity (Wildman–Crippen MR) is 83.1 cm³/mol. The average molecular weight is 328 g/mol. The monoisotopic (exact) mass is 327 g/mol. The molecule has 0 aromatic carbocycles. The molecule has 1 fully saturated rings. The molecular weight excluding hydrogens is 302 g/mol. The lowest BCUT2D eigenvalue weighted by molar-refractivity contribution is 0.224. The molecule has 0 aliphatic heterocycles. The lowest BCUT2D eigenvalue weighted by Gasteiger charge is -2.32. The van der Waals surface area contributed by atoms with Crippen molar-refractivity contribution >= 4 is 15.9 Å².